The van der Waals surface area contributed by atoms with Crippen molar-refractivity contribution in [2.24, 2.45) is 10.3 Å². The standard InChI is InChI=1S/C18H22N4O2S/c1-15-5-11-18(12-6-15)25(23,24)20-17-9-7-16(8-10-17)19-21-22-13-3-2-4-14-22/h5-12,20H,2-4,13-14H2,1H3. The van der Waals surface area contributed by atoms with Crippen LogP contribution in [0.3, 0.4) is 0 Å². The number of hydrogen-bond acceptors (Lipinski definition) is 4. The van der Waals surface area contributed by atoms with Crippen molar-refractivity contribution in [3.05, 3.63) is 54.1 Å². The number of hydrogen-bond donors (Lipinski definition) is 1. The van der Waals surface area contributed by atoms with Crippen molar-refractivity contribution in [2.75, 3.05) is 17.8 Å². The van der Waals surface area contributed by atoms with Crippen molar-refractivity contribution < 1.29 is 8.42 Å². The van der Waals surface area contributed by atoms with Gasteiger partial charge in [-0.3, -0.25) is 9.73 Å². The highest BCUT2D eigenvalue weighted by atomic mass is 32.2. The predicted octanol–water partition coefficient (Wildman–Crippen LogP) is 4.28. The van der Waals surface area contributed by atoms with Gasteiger partial charge in [0.15, 0.2) is 0 Å². The average molecular weight is 358 g/mol. The van der Waals surface area contributed by atoms with Crippen LogP contribution < -0.4 is 4.72 Å². The zero-order valence-electron chi connectivity index (χ0n) is 14.2. The smallest absolute Gasteiger partial charge is 0.261 e. The molecule has 0 aromatic heterocycles. The number of benzene rings is 2. The Hall–Kier alpha value is -2.41. The zero-order valence-corrected chi connectivity index (χ0v) is 15.0. The topological polar surface area (TPSA) is 74.1 Å². The molecule has 1 aliphatic heterocycles. The molecular weight excluding hydrogens is 336 g/mol. The van der Waals surface area contributed by atoms with Gasteiger partial charge >= 0.3 is 0 Å². The van der Waals surface area contributed by atoms with Crippen LogP contribution in [0.4, 0.5) is 11.4 Å². The Morgan fingerprint density at radius 3 is 2.20 bits per heavy atom. The third kappa shape index (κ3) is 4.79. The lowest BCUT2D eigenvalue weighted by Crippen LogP contribution is -2.23. The van der Waals surface area contributed by atoms with Gasteiger partial charge in [-0.15, -0.1) is 5.11 Å². The zero-order chi connectivity index (χ0) is 17.7. The van der Waals surface area contributed by atoms with Crippen LogP contribution in [0, 0.1) is 6.92 Å². The Morgan fingerprint density at radius 1 is 0.920 bits per heavy atom. The van der Waals surface area contributed by atoms with Gasteiger partial charge in [-0.1, -0.05) is 22.9 Å². The fraction of sp³-hybridized carbons (Fsp3) is 0.333. The van der Waals surface area contributed by atoms with Crippen LogP contribution in [0.1, 0.15) is 24.8 Å². The summed E-state index contributed by atoms with van der Waals surface area (Å²) in [5, 5.41) is 10.4. The third-order valence-corrected chi connectivity index (χ3v) is 5.47. The van der Waals surface area contributed by atoms with E-state index in [0.29, 0.717) is 11.4 Å². The second-order valence-electron chi connectivity index (χ2n) is 6.17. The Labute approximate surface area is 148 Å². The quantitative estimate of drug-likeness (QED) is 0.811. The summed E-state index contributed by atoms with van der Waals surface area (Å²) in [7, 11) is -3.58. The molecule has 1 fully saturated rings. The third-order valence-electron chi connectivity index (χ3n) is 4.07. The van der Waals surface area contributed by atoms with E-state index in [-0.39, 0.29) is 4.90 Å². The van der Waals surface area contributed by atoms with Crippen molar-refractivity contribution in [1.82, 2.24) is 5.01 Å². The van der Waals surface area contributed by atoms with E-state index in [1.807, 2.05) is 11.9 Å². The molecule has 6 nitrogen and oxygen atoms in total. The van der Waals surface area contributed by atoms with E-state index in [4.69, 9.17) is 0 Å². The van der Waals surface area contributed by atoms with Gasteiger partial charge < -0.3 is 0 Å². The molecule has 1 saturated heterocycles. The lowest BCUT2D eigenvalue weighted by Gasteiger charge is -2.21. The van der Waals surface area contributed by atoms with Crippen LogP contribution in [0.5, 0.6) is 0 Å². The number of nitrogens with zero attached hydrogens (tertiary/aromatic N) is 3. The summed E-state index contributed by atoms with van der Waals surface area (Å²) in [6.07, 6.45) is 3.55. The molecule has 132 valence electrons. The van der Waals surface area contributed by atoms with Crippen LogP contribution in [-0.2, 0) is 10.0 Å². The number of piperidine rings is 1. The van der Waals surface area contributed by atoms with E-state index in [1.54, 1.807) is 48.5 Å². The van der Waals surface area contributed by atoms with Gasteiger partial charge in [0, 0.05) is 18.8 Å². The molecule has 2 aromatic carbocycles. The molecule has 0 atom stereocenters. The Morgan fingerprint density at radius 2 is 1.56 bits per heavy atom. The molecule has 0 saturated carbocycles. The SMILES string of the molecule is Cc1ccc(S(=O)(=O)Nc2ccc(N=NN3CCCCC3)cc2)cc1. The molecule has 1 heterocycles. The molecule has 0 spiro atoms. The summed E-state index contributed by atoms with van der Waals surface area (Å²) < 4.78 is 27.3. The van der Waals surface area contributed by atoms with Gasteiger partial charge in [-0.25, -0.2) is 8.42 Å². The van der Waals surface area contributed by atoms with E-state index < -0.39 is 10.0 Å². The maximum absolute atomic E-state index is 12.4. The summed E-state index contributed by atoms with van der Waals surface area (Å²) in [6, 6.07) is 13.6. The highest BCUT2D eigenvalue weighted by molar-refractivity contribution is 7.92. The molecule has 1 N–H and O–H groups in total. The molecule has 0 amide bonds. The lowest BCUT2D eigenvalue weighted by molar-refractivity contribution is 0.224. The van der Waals surface area contributed by atoms with Crippen LogP contribution in [0.25, 0.3) is 0 Å². The summed E-state index contributed by atoms with van der Waals surface area (Å²) in [5.74, 6) is 0. The van der Waals surface area contributed by atoms with Crippen molar-refractivity contribution in [3.63, 3.8) is 0 Å². The first-order valence-corrected chi connectivity index (χ1v) is 9.87. The number of anilines is 1. The summed E-state index contributed by atoms with van der Waals surface area (Å²) in [4.78, 5) is 0.243. The number of rotatable bonds is 5. The maximum Gasteiger partial charge on any atom is 0.261 e. The fourth-order valence-corrected chi connectivity index (χ4v) is 3.67. The number of aryl methyl sites for hydroxylation is 1. The molecule has 25 heavy (non-hydrogen) atoms. The van der Waals surface area contributed by atoms with Crippen LogP contribution in [0.2, 0.25) is 0 Å². The van der Waals surface area contributed by atoms with E-state index in [1.165, 1.54) is 6.42 Å². The fourth-order valence-electron chi connectivity index (χ4n) is 2.61. The predicted molar refractivity (Wildman–Crippen MR) is 98.4 cm³/mol. The summed E-state index contributed by atoms with van der Waals surface area (Å²) in [6.45, 7) is 3.80. The second kappa shape index (κ2) is 7.65. The van der Waals surface area contributed by atoms with Gasteiger partial charge in [-0.05, 0) is 62.6 Å². The monoisotopic (exact) mass is 358 g/mol. The Kier molecular flexibility index (Phi) is 5.33. The number of sulfonamides is 1. The first-order chi connectivity index (χ1) is 12.0. The van der Waals surface area contributed by atoms with Gasteiger partial charge in [-0.2, -0.15) is 0 Å². The van der Waals surface area contributed by atoms with E-state index in [0.717, 1.165) is 31.5 Å². The molecule has 1 aliphatic rings. The maximum atomic E-state index is 12.4. The highest BCUT2D eigenvalue weighted by Gasteiger charge is 2.13. The molecule has 7 heteroatoms. The molecule has 0 bridgehead atoms. The van der Waals surface area contributed by atoms with Crippen molar-refractivity contribution in [3.8, 4) is 0 Å². The molecule has 2 aromatic rings. The first-order valence-electron chi connectivity index (χ1n) is 8.39. The van der Waals surface area contributed by atoms with Crippen molar-refractivity contribution in [1.29, 1.82) is 0 Å². The molecule has 0 radical (unpaired) electrons. The normalized spacial score (nSPS) is 15.5. The lowest BCUT2D eigenvalue weighted by atomic mass is 10.2. The molecule has 0 aliphatic carbocycles. The van der Waals surface area contributed by atoms with Crippen molar-refractivity contribution >= 4 is 21.4 Å². The van der Waals surface area contributed by atoms with Crippen LogP contribution >= 0.6 is 0 Å². The minimum atomic E-state index is -3.58. The highest BCUT2D eigenvalue weighted by Crippen LogP contribution is 2.21. The second-order valence-corrected chi connectivity index (χ2v) is 7.85. The molecule has 0 unspecified atom stereocenters. The van der Waals surface area contributed by atoms with Gasteiger partial charge in [0.2, 0.25) is 0 Å². The molecular formula is C18H22N4O2S. The Balaban J connectivity index is 1.65. The van der Waals surface area contributed by atoms with Gasteiger partial charge in [0.25, 0.3) is 10.0 Å². The van der Waals surface area contributed by atoms with Crippen LogP contribution in [0.15, 0.2) is 63.8 Å². The van der Waals surface area contributed by atoms with Crippen LogP contribution in [-0.4, -0.2) is 26.5 Å². The largest absolute Gasteiger partial charge is 0.280 e. The summed E-state index contributed by atoms with van der Waals surface area (Å²) >= 11 is 0. The first kappa shape index (κ1) is 17.4. The van der Waals surface area contributed by atoms with Gasteiger partial charge in [0.1, 0.15) is 0 Å². The van der Waals surface area contributed by atoms with Gasteiger partial charge in [0.05, 0.1) is 10.6 Å². The van der Waals surface area contributed by atoms with E-state index in [9.17, 15) is 8.42 Å². The molecule has 3 rings (SSSR count). The van der Waals surface area contributed by atoms with E-state index >= 15 is 0 Å². The number of nitrogens with one attached hydrogen (secondary N) is 1. The van der Waals surface area contributed by atoms with E-state index in [2.05, 4.69) is 15.1 Å². The minimum Gasteiger partial charge on any atom is -0.280 e. The van der Waals surface area contributed by atoms with Crippen molar-refractivity contribution in [2.45, 2.75) is 31.1 Å². The summed E-state index contributed by atoms with van der Waals surface area (Å²) in [5.41, 5.74) is 2.21. The minimum absolute atomic E-state index is 0.243. The Bertz CT molecular complexity index is 824. The average Bonchev–Trinajstić information content (AvgIpc) is 2.62.